The molecule has 1 aliphatic heterocycles. The highest BCUT2D eigenvalue weighted by Crippen LogP contribution is 2.18. The first-order valence-corrected chi connectivity index (χ1v) is 2.86. The van der Waals surface area contributed by atoms with Gasteiger partial charge in [-0.05, 0) is 13.3 Å². The smallest absolute Gasteiger partial charge is 0.0744 e. The van der Waals surface area contributed by atoms with Crippen LogP contribution in [0.25, 0.3) is 0 Å². The van der Waals surface area contributed by atoms with Gasteiger partial charge in [0.15, 0.2) is 0 Å². The summed E-state index contributed by atoms with van der Waals surface area (Å²) in [6.07, 6.45) is 1.08. The lowest BCUT2D eigenvalue weighted by Gasteiger charge is -2.01. The van der Waals surface area contributed by atoms with Crippen LogP contribution >= 0.6 is 0 Å². The van der Waals surface area contributed by atoms with Gasteiger partial charge in [0.1, 0.15) is 0 Å². The van der Waals surface area contributed by atoms with E-state index in [1.165, 1.54) is 0 Å². The second-order valence-electron chi connectivity index (χ2n) is 2.10. The van der Waals surface area contributed by atoms with Gasteiger partial charge in [-0.25, -0.2) is 0 Å². The standard InChI is InChI=1S/C6H9NO/c1-5-6(4-7)2-3-8-5/h5-6H,2-3H2,1H3/t5-,6+/m1/s1. The van der Waals surface area contributed by atoms with Gasteiger partial charge in [0.05, 0.1) is 18.1 Å². The van der Waals surface area contributed by atoms with Crippen LogP contribution in [-0.2, 0) is 4.74 Å². The van der Waals surface area contributed by atoms with Gasteiger partial charge in [-0.3, -0.25) is 0 Å². The van der Waals surface area contributed by atoms with E-state index in [1.807, 2.05) is 6.92 Å². The molecule has 1 aliphatic rings. The van der Waals surface area contributed by atoms with E-state index in [-0.39, 0.29) is 12.0 Å². The molecule has 1 fully saturated rings. The predicted molar refractivity (Wildman–Crippen MR) is 29.1 cm³/mol. The number of hydrogen-bond acceptors (Lipinski definition) is 2. The number of rotatable bonds is 0. The van der Waals surface area contributed by atoms with Crippen molar-refractivity contribution in [3.63, 3.8) is 0 Å². The quantitative estimate of drug-likeness (QED) is 0.466. The van der Waals surface area contributed by atoms with Crippen LogP contribution in [0.1, 0.15) is 13.3 Å². The average Bonchev–Trinajstić information content (AvgIpc) is 2.14. The summed E-state index contributed by atoms with van der Waals surface area (Å²) < 4.78 is 5.13. The summed E-state index contributed by atoms with van der Waals surface area (Å²) in [6, 6.07) is 2.19. The number of nitriles is 1. The van der Waals surface area contributed by atoms with E-state index < -0.39 is 0 Å². The number of nitrogens with zero attached hydrogens (tertiary/aromatic N) is 1. The second kappa shape index (κ2) is 2.15. The van der Waals surface area contributed by atoms with Gasteiger partial charge in [0.25, 0.3) is 0 Å². The molecule has 0 aromatic heterocycles. The van der Waals surface area contributed by atoms with Crippen molar-refractivity contribution in [1.82, 2.24) is 0 Å². The van der Waals surface area contributed by atoms with E-state index in [4.69, 9.17) is 10.00 Å². The van der Waals surface area contributed by atoms with Crippen LogP contribution in [0.2, 0.25) is 0 Å². The molecule has 0 saturated carbocycles. The summed E-state index contributed by atoms with van der Waals surface area (Å²) >= 11 is 0. The first-order valence-electron chi connectivity index (χ1n) is 2.86. The molecule has 0 aliphatic carbocycles. The van der Waals surface area contributed by atoms with Crippen LogP contribution in [-0.4, -0.2) is 12.7 Å². The third kappa shape index (κ3) is 0.823. The van der Waals surface area contributed by atoms with E-state index in [0.29, 0.717) is 0 Å². The Morgan fingerprint density at radius 1 is 1.75 bits per heavy atom. The van der Waals surface area contributed by atoms with Crippen molar-refractivity contribution in [3.8, 4) is 6.07 Å². The Labute approximate surface area is 49.1 Å². The van der Waals surface area contributed by atoms with Gasteiger partial charge in [-0.15, -0.1) is 0 Å². The maximum absolute atomic E-state index is 8.41. The Kier molecular flexibility index (Phi) is 1.50. The Bertz CT molecular complexity index is 116. The zero-order valence-electron chi connectivity index (χ0n) is 4.92. The lowest BCUT2D eigenvalue weighted by atomic mass is 10.1. The molecule has 2 nitrogen and oxygen atoms in total. The molecule has 2 heteroatoms. The molecule has 1 saturated heterocycles. The van der Waals surface area contributed by atoms with Gasteiger partial charge in [-0.2, -0.15) is 5.26 Å². The third-order valence-corrected chi connectivity index (χ3v) is 1.54. The summed E-state index contributed by atoms with van der Waals surface area (Å²) in [5.41, 5.74) is 0. The van der Waals surface area contributed by atoms with E-state index in [9.17, 15) is 0 Å². The zero-order valence-corrected chi connectivity index (χ0v) is 4.92. The fourth-order valence-electron chi connectivity index (χ4n) is 0.901. The van der Waals surface area contributed by atoms with Crippen LogP contribution in [0.3, 0.4) is 0 Å². The Balaban J connectivity index is 2.45. The first-order chi connectivity index (χ1) is 3.84. The van der Waals surface area contributed by atoms with Crippen molar-refractivity contribution in [1.29, 1.82) is 5.26 Å². The number of hydrogen-bond donors (Lipinski definition) is 0. The molecule has 0 aromatic rings. The summed E-state index contributed by atoms with van der Waals surface area (Å²) in [6.45, 7) is 2.71. The van der Waals surface area contributed by atoms with Crippen molar-refractivity contribution < 1.29 is 4.74 Å². The monoisotopic (exact) mass is 111 g/mol. The van der Waals surface area contributed by atoms with Gasteiger partial charge < -0.3 is 4.74 Å². The normalized spacial score (nSPS) is 37.0. The summed E-state index contributed by atoms with van der Waals surface area (Å²) in [4.78, 5) is 0. The van der Waals surface area contributed by atoms with E-state index in [1.54, 1.807) is 0 Å². The van der Waals surface area contributed by atoms with E-state index >= 15 is 0 Å². The number of ether oxygens (including phenoxy) is 1. The molecular weight excluding hydrogens is 102 g/mol. The van der Waals surface area contributed by atoms with E-state index in [0.717, 1.165) is 13.0 Å². The minimum Gasteiger partial charge on any atom is -0.377 e. The minimum atomic E-state index is 0.148. The average molecular weight is 111 g/mol. The SMILES string of the molecule is C[C@H]1OCC[C@H]1C#N. The first kappa shape index (κ1) is 5.58. The molecule has 8 heavy (non-hydrogen) atoms. The van der Waals surface area contributed by atoms with Crippen LogP contribution in [0.4, 0.5) is 0 Å². The van der Waals surface area contributed by atoms with Crippen LogP contribution < -0.4 is 0 Å². The van der Waals surface area contributed by atoms with Crippen molar-refractivity contribution in [2.75, 3.05) is 6.61 Å². The van der Waals surface area contributed by atoms with Crippen molar-refractivity contribution >= 4 is 0 Å². The topological polar surface area (TPSA) is 33.0 Å². The molecule has 0 bridgehead atoms. The fraction of sp³-hybridized carbons (Fsp3) is 0.833. The largest absolute Gasteiger partial charge is 0.377 e. The fourth-order valence-corrected chi connectivity index (χ4v) is 0.901. The van der Waals surface area contributed by atoms with Crippen LogP contribution in [0.15, 0.2) is 0 Å². The molecule has 0 radical (unpaired) electrons. The molecule has 44 valence electrons. The Hall–Kier alpha value is -0.550. The van der Waals surface area contributed by atoms with Gasteiger partial charge in [0, 0.05) is 6.61 Å². The molecule has 0 aromatic carbocycles. The highest BCUT2D eigenvalue weighted by molar-refractivity contribution is 4.90. The van der Waals surface area contributed by atoms with Crippen molar-refractivity contribution in [2.24, 2.45) is 5.92 Å². The molecule has 0 spiro atoms. The van der Waals surface area contributed by atoms with Crippen molar-refractivity contribution in [3.05, 3.63) is 0 Å². The molecule has 0 unspecified atom stereocenters. The molecular formula is C6H9NO. The van der Waals surface area contributed by atoms with Crippen LogP contribution in [0.5, 0.6) is 0 Å². The predicted octanol–water partition coefficient (Wildman–Crippen LogP) is 0.935. The van der Waals surface area contributed by atoms with Gasteiger partial charge >= 0.3 is 0 Å². The Morgan fingerprint density at radius 3 is 2.75 bits per heavy atom. The van der Waals surface area contributed by atoms with E-state index in [2.05, 4.69) is 6.07 Å². The molecule has 0 amide bonds. The summed E-state index contributed by atoms with van der Waals surface area (Å²) in [5.74, 6) is 0.148. The lowest BCUT2D eigenvalue weighted by molar-refractivity contribution is 0.115. The zero-order chi connectivity index (χ0) is 5.98. The van der Waals surface area contributed by atoms with Crippen LogP contribution in [0, 0.1) is 17.2 Å². The van der Waals surface area contributed by atoms with Gasteiger partial charge in [-0.1, -0.05) is 0 Å². The van der Waals surface area contributed by atoms with Crippen molar-refractivity contribution in [2.45, 2.75) is 19.4 Å². The minimum absolute atomic E-state index is 0.148. The highest BCUT2D eigenvalue weighted by Gasteiger charge is 2.22. The lowest BCUT2D eigenvalue weighted by Crippen LogP contribution is -2.07. The summed E-state index contributed by atoms with van der Waals surface area (Å²) in [5, 5.41) is 8.41. The maximum Gasteiger partial charge on any atom is 0.0744 e. The second-order valence-corrected chi connectivity index (χ2v) is 2.10. The molecule has 1 rings (SSSR count). The van der Waals surface area contributed by atoms with Gasteiger partial charge in [0.2, 0.25) is 0 Å². The third-order valence-electron chi connectivity index (χ3n) is 1.54. The molecule has 1 heterocycles. The highest BCUT2D eigenvalue weighted by atomic mass is 16.5. The maximum atomic E-state index is 8.41. The molecule has 0 N–H and O–H groups in total. The summed E-state index contributed by atoms with van der Waals surface area (Å²) in [7, 11) is 0. The Morgan fingerprint density at radius 2 is 2.50 bits per heavy atom. The molecule has 2 atom stereocenters.